The van der Waals surface area contributed by atoms with E-state index in [1.54, 1.807) is 6.08 Å². The van der Waals surface area contributed by atoms with Gasteiger partial charge in [-0.15, -0.1) is 0 Å². The topological polar surface area (TPSA) is 69.6 Å². The molecule has 2 atom stereocenters. The second-order valence-electron chi connectivity index (χ2n) is 23.6. The van der Waals surface area contributed by atoms with Gasteiger partial charge in [0, 0.05) is 6.42 Å². The van der Waals surface area contributed by atoms with Gasteiger partial charge >= 0.3 is 0 Å². The molecule has 74 heavy (non-hydrogen) atoms. The number of unbranched alkanes of at least 4 members (excludes halogenated alkanes) is 53. The summed E-state index contributed by atoms with van der Waals surface area (Å²) in [6.45, 7) is 4.35. The number of aliphatic hydroxyl groups excluding tert-OH is 2. The first-order valence-electron chi connectivity index (χ1n) is 34.2. The maximum Gasteiger partial charge on any atom is 0.220 e. The third-order valence-electron chi connectivity index (χ3n) is 16.1. The zero-order chi connectivity index (χ0) is 53.4. The van der Waals surface area contributed by atoms with Crippen LogP contribution in [0.25, 0.3) is 0 Å². The van der Waals surface area contributed by atoms with Gasteiger partial charge in [0.25, 0.3) is 0 Å². The van der Waals surface area contributed by atoms with Gasteiger partial charge in [-0.1, -0.05) is 371 Å². The summed E-state index contributed by atoms with van der Waals surface area (Å²) in [5.74, 6) is -0.0697. The molecule has 4 heteroatoms. The maximum atomic E-state index is 12.5. The molecule has 438 valence electrons. The number of rotatable bonds is 64. The van der Waals surface area contributed by atoms with Gasteiger partial charge in [-0.25, -0.2) is 0 Å². The fourth-order valence-electron chi connectivity index (χ4n) is 10.9. The van der Waals surface area contributed by atoms with Gasteiger partial charge in [0.15, 0.2) is 0 Å². The highest BCUT2D eigenvalue weighted by atomic mass is 16.3. The van der Waals surface area contributed by atoms with E-state index >= 15 is 0 Å². The average molecular weight is 1040 g/mol. The summed E-state index contributed by atoms with van der Waals surface area (Å²) in [5, 5.41) is 23.2. The summed E-state index contributed by atoms with van der Waals surface area (Å²) in [7, 11) is 0. The molecule has 0 bridgehead atoms. The van der Waals surface area contributed by atoms with Crippen LogP contribution in [0.3, 0.4) is 0 Å². The lowest BCUT2D eigenvalue weighted by atomic mass is 10.0. The molecule has 0 saturated carbocycles. The molecule has 4 nitrogen and oxygen atoms in total. The van der Waals surface area contributed by atoms with Crippen molar-refractivity contribution < 1.29 is 15.0 Å². The summed E-state index contributed by atoms with van der Waals surface area (Å²) in [5.41, 5.74) is 0. The van der Waals surface area contributed by atoms with Crippen LogP contribution >= 0.6 is 0 Å². The monoisotopic (exact) mass is 1040 g/mol. The van der Waals surface area contributed by atoms with E-state index in [4.69, 9.17) is 0 Å². The first kappa shape index (κ1) is 72.6. The molecule has 0 fully saturated rings. The van der Waals surface area contributed by atoms with Gasteiger partial charge in [-0.2, -0.15) is 0 Å². The van der Waals surface area contributed by atoms with Crippen LogP contribution in [0, 0.1) is 0 Å². The molecule has 0 aliphatic heterocycles. The van der Waals surface area contributed by atoms with Crippen LogP contribution < -0.4 is 5.32 Å². The highest BCUT2D eigenvalue weighted by Crippen LogP contribution is 2.19. The molecule has 0 radical (unpaired) electrons. The van der Waals surface area contributed by atoms with E-state index in [-0.39, 0.29) is 12.5 Å². The molecule has 0 saturated heterocycles. The van der Waals surface area contributed by atoms with Gasteiger partial charge in [0.1, 0.15) is 0 Å². The minimum absolute atomic E-state index is 0.0697. The van der Waals surface area contributed by atoms with Gasteiger partial charge < -0.3 is 15.5 Å². The number of aliphatic hydroxyl groups is 2. The van der Waals surface area contributed by atoms with E-state index in [0.717, 1.165) is 38.5 Å². The number of carbonyl (C=O) groups is 1. The molecule has 1 amide bonds. The Morgan fingerprint density at radius 1 is 0.311 bits per heavy atom. The summed E-state index contributed by atoms with van der Waals surface area (Å²) in [4.78, 5) is 12.5. The Kier molecular flexibility index (Phi) is 64.7. The van der Waals surface area contributed by atoms with E-state index in [0.29, 0.717) is 6.42 Å². The average Bonchev–Trinajstić information content (AvgIpc) is 3.40. The summed E-state index contributed by atoms with van der Waals surface area (Å²) in [6.07, 6.45) is 90.9. The minimum Gasteiger partial charge on any atom is -0.394 e. The Morgan fingerprint density at radius 2 is 0.527 bits per heavy atom. The SMILES string of the molecule is CCCCCCCCCCCCCCCCCCCCCCCCC/C=C/CC/C=C/CC/C=C/C(O)C(CO)NC(=O)CCCCCCCCCCCCCCCCCCCCCCCCCCCCCCC. The fraction of sp³-hybridized carbons (Fsp3) is 0.900. The molecule has 0 spiro atoms. The number of carbonyl (C=O) groups excluding carboxylic acids is 1. The predicted molar refractivity (Wildman–Crippen MR) is 332 cm³/mol. The van der Waals surface area contributed by atoms with E-state index in [9.17, 15) is 15.0 Å². The number of hydrogen-bond donors (Lipinski definition) is 3. The van der Waals surface area contributed by atoms with Gasteiger partial charge in [-0.05, 0) is 44.9 Å². The van der Waals surface area contributed by atoms with Crippen LogP contribution in [0.5, 0.6) is 0 Å². The zero-order valence-corrected chi connectivity index (χ0v) is 50.6. The Labute approximate surface area is 465 Å². The lowest BCUT2D eigenvalue weighted by Crippen LogP contribution is -2.45. The quantitative estimate of drug-likeness (QED) is 0.0420. The van der Waals surface area contributed by atoms with E-state index in [2.05, 4.69) is 43.5 Å². The fourth-order valence-corrected chi connectivity index (χ4v) is 10.9. The third-order valence-corrected chi connectivity index (χ3v) is 16.1. The van der Waals surface area contributed by atoms with Crippen molar-refractivity contribution in [2.75, 3.05) is 6.61 Å². The third kappa shape index (κ3) is 61.5. The second kappa shape index (κ2) is 65.9. The molecule has 3 N–H and O–H groups in total. The minimum atomic E-state index is -0.870. The van der Waals surface area contributed by atoms with Crippen molar-refractivity contribution in [2.45, 2.75) is 398 Å². The zero-order valence-electron chi connectivity index (χ0n) is 50.6. The van der Waals surface area contributed by atoms with Crippen molar-refractivity contribution in [3.8, 4) is 0 Å². The molecule has 0 heterocycles. The lowest BCUT2D eigenvalue weighted by molar-refractivity contribution is -0.123. The van der Waals surface area contributed by atoms with E-state index in [1.807, 2.05) is 6.08 Å². The van der Waals surface area contributed by atoms with Gasteiger partial charge in [-0.3, -0.25) is 4.79 Å². The van der Waals surface area contributed by atoms with Gasteiger partial charge in [0.05, 0.1) is 18.8 Å². The Morgan fingerprint density at radius 3 is 0.784 bits per heavy atom. The normalized spacial score (nSPS) is 12.9. The Hall–Kier alpha value is -1.39. The molecule has 0 aromatic heterocycles. The van der Waals surface area contributed by atoms with Crippen molar-refractivity contribution in [3.63, 3.8) is 0 Å². The standard InChI is InChI=1S/C70H135NO3/c1-3-5-7-9-11-13-15-17-19-21-23-25-27-29-31-33-34-35-36-38-39-41-43-45-47-49-51-53-55-57-59-61-63-65-69(73)68(67-72)71-70(74)66-64-62-60-58-56-54-52-50-48-46-44-42-40-37-32-30-28-26-24-22-20-18-16-14-12-10-8-6-4-2/h47,49,55,57,63,65,68-69,72-73H,3-46,48,50-54,56,58-62,64,66-67H2,1-2H3,(H,71,74)/b49-47+,57-55+,65-63+. The highest BCUT2D eigenvalue weighted by Gasteiger charge is 2.18. The Balaban J connectivity index is 3.47. The predicted octanol–water partition coefficient (Wildman–Crippen LogP) is 23.2. The molecule has 0 aromatic rings. The molecule has 0 aliphatic carbocycles. The molecule has 2 unspecified atom stereocenters. The van der Waals surface area contributed by atoms with Crippen LogP contribution in [0.4, 0.5) is 0 Å². The first-order chi connectivity index (χ1) is 36.7. The summed E-state index contributed by atoms with van der Waals surface area (Å²) < 4.78 is 0. The highest BCUT2D eigenvalue weighted by molar-refractivity contribution is 5.76. The van der Waals surface area contributed by atoms with E-state index < -0.39 is 12.1 Å². The van der Waals surface area contributed by atoms with Crippen LogP contribution in [0.15, 0.2) is 36.5 Å². The van der Waals surface area contributed by atoms with Crippen LogP contribution in [-0.4, -0.2) is 34.9 Å². The van der Waals surface area contributed by atoms with Crippen molar-refractivity contribution in [2.24, 2.45) is 0 Å². The summed E-state index contributed by atoms with van der Waals surface area (Å²) in [6, 6.07) is -0.645. The van der Waals surface area contributed by atoms with Crippen molar-refractivity contribution in [3.05, 3.63) is 36.5 Å². The largest absolute Gasteiger partial charge is 0.394 e. The number of hydrogen-bond acceptors (Lipinski definition) is 3. The Bertz CT molecular complexity index is 1130. The van der Waals surface area contributed by atoms with Crippen molar-refractivity contribution in [1.29, 1.82) is 0 Å². The number of allylic oxidation sites excluding steroid dienone is 5. The van der Waals surface area contributed by atoms with Crippen molar-refractivity contribution in [1.82, 2.24) is 5.32 Å². The van der Waals surface area contributed by atoms with Crippen LogP contribution in [0.2, 0.25) is 0 Å². The molecular weight excluding hydrogens is 903 g/mol. The first-order valence-corrected chi connectivity index (χ1v) is 34.2. The molecule has 0 aliphatic rings. The number of amides is 1. The van der Waals surface area contributed by atoms with Crippen LogP contribution in [0.1, 0.15) is 386 Å². The number of nitrogens with one attached hydrogen (secondary N) is 1. The van der Waals surface area contributed by atoms with E-state index in [1.165, 1.54) is 327 Å². The molecule has 0 aromatic carbocycles. The van der Waals surface area contributed by atoms with Crippen LogP contribution in [-0.2, 0) is 4.79 Å². The van der Waals surface area contributed by atoms with Crippen molar-refractivity contribution >= 4 is 5.91 Å². The maximum absolute atomic E-state index is 12.5. The lowest BCUT2D eigenvalue weighted by Gasteiger charge is -2.19. The van der Waals surface area contributed by atoms with Gasteiger partial charge in [0.2, 0.25) is 5.91 Å². The molecule has 0 rings (SSSR count). The second-order valence-corrected chi connectivity index (χ2v) is 23.6. The smallest absolute Gasteiger partial charge is 0.220 e. The molecular formula is C70H135NO3. The summed E-state index contributed by atoms with van der Waals surface area (Å²) >= 11 is 0.